The highest BCUT2D eigenvalue weighted by atomic mass is 32.2. The summed E-state index contributed by atoms with van der Waals surface area (Å²) in [5.41, 5.74) is 5.37. The SMILES string of the molecule is NCCCC[C@H](NSc1cccnc1)C(=O)O. The van der Waals surface area contributed by atoms with Crippen LogP contribution in [0.5, 0.6) is 0 Å². The molecule has 0 saturated heterocycles. The van der Waals surface area contributed by atoms with E-state index in [1.54, 1.807) is 12.4 Å². The first-order valence-electron chi connectivity index (χ1n) is 5.49. The van der Waals surface area contributed by atoms with E-state index >= 15 is 0 Å². The number of nitrogens with one attached hydrogen (secondary N) is 1. The monoisotopic (exact) mass is 255 g/mol. The maximum absolute atomic E-state index is 11.0. The summed E-state index contributed by atoms with van der Waals surface area (Å²) < 4.78 is 2.93. The van der Waals surface area contributed by atoms with Gasteiger partial charge in [-0.15, -0.1) is 0 Å². The molecule has 0 bridgehead atoms. The summed E-state index contributed by atoms with van der Waals surface area (Å²) in [4.78, 5) is 15.9. The minimum atomic E-state index is -0.835. The molecule has 0 aliphatic heterocycles. The lowest BCUT2D eigenvalue weighted by atomic mass is 10.1. The molecule has 0 spiro atoms. The highest BCUT2D eigenvalue weighted by Crippen LogP contribution is 2.14. The number of pyridine rings is 1. The Labute approximate surface area is 105 Å². The summed E-state index contributed by atoms with van der Waals surface area (Å²) >= 11 is 1.29. The van der Waals surface area contributed by atoms with Crippen molar-refractivity contribution in [2.75, 3.05) is 6.54 Å². The Bertz CT molecular complexity index is 335. The van der Waals surface area contributed by atoms with E-state index in [0.717, 1.165) is 17.7 Å². The van der Waals surface area contributed by atoms with Gasteiger partial charge < -0.3 is 10.8 Å². The van der Waals surface area contributed by atoms with Crippen LogP contribution in [0.1, 0.15) is 19.3 Å². The Hall–Kier alpha value is -1.11. The van der Waals surface area contributed by atoms with Crippen molar-refractivity contribution in [3.8, 4) is 0 Å². The Kier molecular flexibility index (Phi) is 6.61. The van der Waals surface area contributed by atoms with Gasteiger partial charge in [0.25, 0.3) is 0 Å². The topological polar surface area (TPSA) is 88.2 Å². The number of nitrogens with zero attached hydrogens (tertiary/aromatic N) is 1. The van der Waals surface area contributed by atoms with Gasteiger partial charge in [-0.3, -0.25) is 9.78 Å². The molecule has 0 aliphatic carbocycles. The molecule has 1 heterocycles. The van der Waals surface area contributed by atoms with E-state index < -0.39 is 12.0 Å². The van der Waals surface area contributed by atoms with Gasteiger partial charge in [-0.2, -0.15) is 0 Å². The fourth-order valence-electron chi connectivity index (χ4n) is 1.27. The Morgan fingerprint density at radius 3 is 3.00 bits per heavy atom. The molecule has 0 aliphatic rings. The second-order valence-electron chi connectivity index (χ2n) is 3.58. The molecule has 1 aromatic rings. The normalized spacial score (nSPS) is 12.3. The van der Waals surface area contributed by atoms with E-state index in [-0.39, 0.29) is 0 Å². The number of carboxylic acids is 1. The Balaban J connectivity index is 2.36. The first-order valence-corrected chi connectivity index (χ1v) is 6.31. The quantitative estimate of drug-likeness (QED) is 0.479. The fraction of sp³-hybridized carbons (Fsp3) is 0.455. The average Bonchev–Trinajstić information content (AvgIpc) is 2.34. The van der Waals surface area contributed by atoms with Crippen LogP contribution in [0.3, 0.4) is 0 Å². The molecular formula is C11H17N3O2S. The summed E-state index contributed by atoms with van der Waals surface area (Å²) in [6, 6.07) is 3.14. The van der Waals surface area contributed by atoms with Crippen molar-refractivity contribution in [3.05, 3.63) is 24.5 Å². The van der Waals surface area contributed by atoms with E-state index in [2.05, 4.69) is 9.71 Å². The van der Waals surface area contributed by atoms with Crippen LogP contribution in [0.2, 0.25) is 0 Å². The predicted molar refractivity (Wildman–Crippen MR) is 67.6 cm³/mol. The van der Waals surface area contributed by atoms with Gasteiger partial charge in [0.05, 0.1) is 0 Å². The molecule has 6 heteroatoms. The van der Waals surface area contributed by atoms with Crippen LogP contribution in [0.25, 0.3) is 0 Å². The lowest BCUT2D eigenvalue weighted by Gasteiger charge is -2.13. The molecule has 5 nitrogen and oxygen atoms in total. The molecule has 0 amide bonds. The number of hydrogen-bond acceptors (Lipinski definition) is 5. The number of unbranched alkanes of at least 4 members (excludes halogenated alkanes) is 1. The van der Waals surface area contributed by atoms with Crippen molar-refractivity contribution >= 4 is 17.9 Å². The van der Waals surface area contributed by atoms with Crippen LogP contribution in [-0.2, 0) is 4.79 Å². The number of hydrogen-bond donors (Lipinski definition) is 3. The van der Waals surface area contributed by atoms with Gasteiger partial charge in [0.1, 0.15) is 6.04 Å². The van der Waals surface area contributed by atoms with Crippen LogP contribution in [-0.4, -0.2) is 28.6 Å². The zero-order chi connectivity index (χ0) is 12.5. The molecule has 0 fully saturated rings. The minimum absolute atomic E-state index is 0.549. The minimum Gasteiger partial charge on any atom is -0.480 e. The van der Waals surface area contributed by atoms with Crippen molar-refractivity contribution in [2.24, 2.45) is 5.73 Å². The molecule has 1 atom stereocenters. The largest absolute Gasteiger partial charge is 0.480 e. The Morgan fingerprint density at radius 1 is 1.59 bits per heavy atom. The maximum Gasteiger partial charge on any atom is 0.321 e. The van der Waals surface area contributed by atoms with Crippen LogP contribution in [0.15, 0.2) is 29.4 Å². The number of nitrogens with two attached hydrogens (primary N) is 1. The third-order valence-electron chi connectivity index (χ3n) is 2.20. The lowest BCUT2D eigenvalue weighted by Crippen LogP contribution is -2.32. The Morgan fingerprint density at radius 2 is 2.41 bits per heavy atom. The summed E-state index contributed by atoms with van der Waals surface area (Å²) in [7, 11) is 0. The van der Waals surface area contributed by atoms with Crippen molar-refractivity contribution < 1.29 is 9.90 Å². The van der Waals surface area contributed by atoms with Crippen LogP contribution < -0.4 is 10.5 Å². The van der Waals surface area contributed by atoms with Gasteiger partial charge in [0.2, 0.25) is 0 Å². The molecule has 94 valence electrons. The number of carboxylic acid groups (broad SMARTS) is 1. The van der Waals surface area contributed by atoms with E-state index in [1.807, 2.05) is 12.1 Å². The average molecular weight is 255 g/mol. The molecule has 0 radical (unpaired) electrons. The van der Waals surface area contributed by atoms with Crippen molar-refractivity contribution in [2.45, 2.75) is 30.2 Å². The first-order chi connectivity index (χ1) is 8.24. The van der Waals surface area contributed by atoms with E-state index in [1.165, 1.54) is 11.9 Å². The predicted octanol–water partition coefficient (Wildman–Crippen LogP) is 1.26. The smallest absolute Gasteiger partial charge is 0.321 e. The molecule has 0 aromatic carbocycles. The zero-order valence-corrected chi connectivity index (χ0v) is 10.3. The molecule has 17 heavy (non-hydrogen) atoms. The molecule has 4 N–H and O–H groups in total. The van der Waals surface area contributed by atoms with E-state index in [9.17, 15) is 4.79 Å². The molecule has 0 unspecified atom stereocenters. The van der Waals surface area contributed by atoms with Crippen molar-refractivity contribution in [3.63, 3.8) is 0 Å². The number of rotatable bonds is 8. The van der Waals surface area contributed by atoms with Crippen molar-refractivity contribution in [1.82, 2.24) is 9.71 Å². The second-order valence-corrected chi connectivity index (χ2v) is 4.50. The number of aromatic nitrogens is 1. The van der Waals surface area contributed by atoms with Crippen LogP contribution in [0, 0.1) is 0 Å². The van der Waals surface area contributed by atoms with Crippen LogP contribution >= 0.6 is 11.9 Å². The zero-order valence-electron chi connectivity index (χ0n) is 9.50. The van der Waals surface area contributed by atoms with E-state index in [0.29, 0.717) is 13.0 Å². The highest BCUT2D eigenvalue weighted by molar-refractivity contribution is 7.97. The third-order valence-corrected chi connectivity index (χ3v) is 3.08. The number of aliphatic carboxylic acids is 1. The van der Waals surface area contributed by atoms with Gasteiger partial charge in [0.15, 0.2) is 0 Å². The lowest BCUT2D eigenvalue weighted by molar-refractivity contribution is -0.139. The van der Waals surface area contributed by atoms with Crippen molar-refractivity contribution in [1.29, 1.82) is 0 Å². The van der Waals surface area contributed by atoms with Gasteiger partial charge >= 0.3 is 5.97 Å². The van der Waals surface area contributed by atoms with Crippen LogP contribution in [0.4, 0.5) is 0 Å². The van der Waals surface area contributed by atoms with E-state index in [4.69, 9.17) is 10.8 Å². The highest BCUT2D eigenvalue weighted by Gasteiger charge is 2.16. The van der Waals surface area contributed by atoms with Gasteiger partial charge in [-0.25, -0.2) is 4.72 Å². The second kappa shape index (κ2) is 8.05. The molecule has 1 rings (SSSR count). The summed E-state index contributed by atoms with van der Waals surface area (Å²) in [5, 5.41) is 9.03. The summed E-state index contributed by atoms with van der Waals surface area (Å²) in [6.07, 6.45) is 5.62. The standard InChI is InChI=1S/C11H17N3O2S/c12-6-2-1-5-10(11(15)16)14-17-9-4-3-7-13-8-9/h3-4,7-8,10,14H,1-2,5-6,12H2,(H,15,16)/t10-/m0/s1. The maximum atomic E-state index is 11.0. The number of carbonyl (C=O) groups is 1. The molecule has 1 aromatic heterocycles. The van der Waals surface area contributed by atoms with Gasteiger partial charge in [-0.1, -0.05) is 6.42 Å². The third kappa shape index (κ3) is 5.67. The molecule has 0 saturated carbocycles. The van der Waals surface area contributed by atoms with Gasteiger partial charge in [0, 0.05) is 17.3 Å². The summed E-state index contributed by atoms with van der Waals surface area (Å²) in [5.74, 6) is -0.835. The summed E-state index contributed by atoms with van der Waals surface area (Å²) in [6.45, 7) is 0.599. The first kappa shape index (κ1) is 14.0. The fourth-order valence-corrected chi connectivity index (χ4v) is 2.03. The van der Waals surface area contributed by atoms with Gasteiger partial charge in [-0.05, 0) is 43.5 Å². The molecular weight excluding hydrogens is 238 g/mol.